The van der Waals surface area contributed by atoms with E-state index in [1.54, 1.807) is 0 Å². The Morgan fingerprint density at radius 2 is 1.93 bits per heavy atom. The summed E-state index contributed by atoms with van der Waals surface area (Å²) >= 11 is 0. The van der Waals surface area contributed by atoms with Crippen LogP contribution < -0.4 is 5.32 Å². The molecule has 0 aliphatic carbocycles. The molecule has 0 saturated carbocycles. The third-order valence-electron chi connectivity index (χ3n) is 2.04. The lowest BCUT2D eigenvalue weighted by Gasteiger charge is -2.18. The van der Waals surface area contributed by atoms with Crippen molar-refractivity contribution < 1.29 is 9.50 Å². The lowest BCUT2D eigenvalue weighted by atomic mass is 10.1. The van der Waals surface area contributed by atoms with Crippen LogP contribution in [0.15, 0.2) is 18.2 Å². The van der Waals surface area contributed by atoms with Gasteiger partial charge < -0.3 is 10.4 Å². The van der Waals surface area contributed by atoms with Gasteiger partial charge in [0.2, 0.25) is 0 Å². The van der Waals surface area contributed by atoms with Crippen molar-refractivity contribution in [1.29, 1.82) is 0 Å². The van der Waals surface area contributed by atoms with Gasteiger partial charge in [-0.3, -0.25) is 0 Å². The predicted octanol–water partition coefficient (Wildman–Crippen LogP) is 2.59. The molecule has 2 nitrogen and oxygen atoms in total. The first-order valence-electron chi connectivity index (χ1n) is 4.75. The average Bonchev–Trinajstić information content (AvgIpc) is 2.08. The van der Waals surface area contributed by atoms with Crippen molar-refractivity contribution in [1.82, 2.24) is 5.32 Å². The zero-order valence-electron chi connectivity index (χ0n) is 8.71. The molecular formula is C11H16FNO. The van der Waals surface area contributed by atoms with E-state index in [2.05, 4.69) is 5.32 Å². The molecule has 1 aromatic carbocycles. The molecule has 0 aliphatic heterocycles. The minimum Gasteiger partial charge on any atom is -0.508 e. The van der Waals surface area contributed by atoms with E-state index >= 15 is 0 Å². The van der Waals surface area contributed by atoms with Crippen molar-refractivity contribution in [2.75, 3.05) is 0 Å². The lowest BCUT2D eigenvalue weighted by Crippen LogP contribution is -2.26. The first kappa shape index (κ1) is 11.0. The normalized spacial score (nSPS) is 13.2. The molecule has 78 valence electrons. The summed E-state index contributed by atoms with van der Waals surface area (Å²) in [7, 11) is 0. The second-order valence-corrected chi connectivity index (χ2v) is 3.75. The molecule has 1 rings (SSSR count). The summed E-state index contributed by atoms with van der Waals surface area (Å²) in [4.78, 5) is 0. The first-order chi connectivity index (χ1) is 6.50. The maximum absolute atomic E-state index is 12.9. The van der Waals surface area contributed by atoms with Crippen LogP contribution in [0, 0.1) is 5.82 Å². The fraction of sp³-hybridized carbons (Fsp3) is 0.455. The molecular weight excluding hydrogens is 181 g/mol. The van der Waals surface area contributed by atoms with Crippen LogP contribution >= 0.6 is 0 Å². The molecule has 0 aromatic heterocycles. The summed E-state index contributed by atoms with van der Waals surface area (Å²) in [6.45, 7) is 5.91. The highest BCUT2D eigenvalue weighted by molar-refractivity contribution is 5.34. The lowest BCUT2D eigenvalue weighted by molar-refractivity contribution is 0.438. The molecule has 0 bridgehead atoms. The van der Waals surface area contributed by atoms with Crippen molar-refractivity contribution in [2.24, 2.45) is 0 Å². The number of hydrogen-bond donors (Lipinski definition) is 2. The highest BCUT2D eigenvalue weighted by Gasteiger charge is 2.11. The summed E-state index contributed by atoms with van der Waals surface area (Å²) < 4.78 is 12.9. The number of halogens is 1. The van der Waals surface area contributed by atoms with Gasteiger partial charge in [-0.25, -0.2) is 4.39 Å². The second kappa shape index (κ2) is 4.42. The molecule has 14 heavy (non-hydrogen) atoms. The van der Waals surface area contributed by atoms with E-state index in [1.165, 1.54) is 18.2 Å². The Bertz CT molecular complexity index is 312. The van der Waals surface area contributed by atoms with E-state index in [9.17, 15) is 9.50 Å². The smallest absolute Gasteiger partial charge is 0.123 e. The Balaban J connectivity index is 2.88. The molecule has 1 aromatic rings. The Hall–Kier alpha value is -1.09. The Kier molecular flexibility index (Phi) is 3.47. The third-order valence-corrected chi connectivity index (χ3v) is 2.04. The largest absolute Gasteiger partial charge is 0.508 e. The molecule has 2 N–H and O–H groups in total. The number of nitrogens with one attached hydrogen (secondary N) is 1. The summed E-state index contributed by atoms with van der Waals surface area (Å²) in [5.74, 6) is -0.192. The van der Waals surface area contributed by atoms with Crippen LogP contribution in [-0.2, 0) is 0 Å². The summed E-state index contributed by atoms with van der Waals surface area (Å²) in [5.41, 5.74) is 0.596. The molecule has 0 saturated heterocycles. The molecule has 0 unspecified atom stereocenters. The highest BCUT2D eigenvalue weighted by Crippen LogP contribution is 2.24. The quantitative estimate of drug-likeness (QED) is 0.780. The van der Waals surface area contributed by atoms with Gasteiger partial charge in [0.25, 0.3) is 0 Å². The van der Waals surface area contributed by atoms with Crippen molar-refractivity contribution in [3.63, 3.8) is 0 Å². The van der Waals surface area contributed by atoms with E-state index in [-0.39, 0.29) is 17.6 Å². The number of benzene rings is 1. The van der Waals surface area contributed by atoms with E-state index in [4.69, 9.17) is 0 Å². The van der Waals surface area contributed by atoms with Gasteiger partial charge in [-0.1, -0.05) is 13.8 Å². The summed E-state index contributed by atoms with van der Waals surface area (Å²) in [6, 6.07) is 4.23. The molecule has 3 heteroatoms. The fourth-order valence-corrected chi connectivity index (χ4v) is 1.46. The van der Waals surface area contributed by atoms with Gasteiger partial charge in [-0.05, 0) is 25.1 Å². The Labute approximate surface area is 83.8 Å². The Morgan fingerprint density at radius 1 is 1.29 bits per heavy atom. The zero-order valence-corrected chi connectivity index (χ0v) is 8.71. The van der Waals surface area contributed by atoms with Gasteiger partial charge in [0, 0.05) is 17.6 Å². The van der Waals surface area contributed by atoms with Gasteiger partial charge in [-0.15, -0.1) is 0 Å². The van der Waals surface area contributed by atoms with Crippen molar-refractivity contribution in [3.8, 4) is 5.75 Å². The van der Waals surface area contributed by atoms with Crippen molar-refractivity contribution >= 4 is 0 Å². The van der Waals surface area contributed by atoms with Crippen molar-refractivity contribution in [2.45, 2.75) is 32.9 Å². The number of phenolic OH excluding ortho intramolecular Hbond substituents is 1. The number of phenols is 1. The van der Waals surface area contributed by atoms with Gasteiger partial charge >= 0.3 is 0 Å². The number of hydrogen-bond acceptors (Lipinski definition) is 2. The van der Waals surface area contributed by atoms with Crippen molar-refractivity contribution in [3.05, 3.63) is 29.6 Å². The maximum Gasteiger partial charge on any atom is 0.123 e. The van der Waals surface area contributed by atoms with E-state index < -0.39 is 0 Å². The average molecular weight is 197 g/mol. The monoisotopic (exact) mass is 197 g/mol. The van der Waals surface area contributed by atoms with Crippen LogP contribution in [0.3, 0.4) is 0 Å². The number of rotatable bonds is 3. The molecule has 0 aliphatic rings. The van der Waals surface area contributed by atoms with E-state index in [0.717, 1.165) is 0 Å². The minimum atomic E-state index is -0.324. The van der Waals surface area contributed by atoms with Gasteiger partial charge in [0.1, 0.15) is 11.6 Å². The van der Waals surface area contributed by atoms with Crippen LogP contribution in [0.1, 0.15) is 32.4 Å². The molecule has 0 radical (unpaired) electrons. The molecule has 0 heterocycles. The van der Waals surface area contributed by atoms with Gasteiger partial charge in [0.15, 0.2) is 0 Å². The van der Waals surface area contributed by atoms with Crippen LogP contribution in [0.25, 0.3) is 0 Å². The van der Waals surface area contributed by atoms with Crippen LogP contribution in [0.2, 0.25) is 0 Å². The standard InChI is InChI=1S/C11H16FNO/c1-7(2)13-8(3)10-6-9(12)4-5-11(10)14/h4-8,13-14H,1-3H3/t8-/m0/s1. The fourth-order valence-electron chi connectivity index (χ4n) is 1.46. The van der Waals surface area contributed by atoms with Crippen LogP contribution in [0.5, 0.6) is 5.75 Å². The van der Waals surface area contributed by atoms with E-state index in [0.29, 0.717) is 11.6 Å². The minimum absolute atomic E-state index is 0.0503. The Morgan fingerprint density at radius 3 is 2.50 bits per heavy atom. The summed E-state index contributed by atoms with van der Waals surface area (Å²) in [5, 5.41) is 12.7. The highest BCUT2D eigenvalue weighted by atomic mass is 19.1. The molecule has 0 spiro atoms. The molecule has 0 fully saturated rings. The topological polar surface area (TPSA) is 32.3 Å². The van der Waals surface area contributed by atoms with Crippen LogP contribution in [-0.4, -0.2) is 11.1 Å². The number of aromatic hydroxyl groups is 1. The van der Waals surface area contributed by atoms with Gasteiger partial charge in [-0.2, -0.15) is 0 Å². The molecule has 1 atom stereocenters. The summed E-state index contributed by atoms with van der Waals surface area (Å²) in [6.07, 6.45) is 0. The van der Waals surface area contributed by atoms with E-state index in [1.807, 2.05) is 20.8 Å². The SMILES string of the molecule is CC(C)N[C@@H](C)c1cc(F)ccc1O. The first-order valence-corrected chi connectivity index (χ1v) is 4.75. The van der Waals surface area contributed by atoms with Gasteiger partial charge in [0.05, 0.1) is 0 Å². The predicted molar refractivity (Wildman–Crippen MR) is 54.8 cm³/mol. The third kappa shape index (κ3) is 2.70. The van der Waals surface area contributed by atoms with Crippen LogP contribution in [0.4, 0.5) is 4.39 Å². The second-order valence-electron chi connectivity index (χ2n) is 3.75. The maximum atomic E-state index is 12.9. The zero-order chi connectivity index (χ0) is 10.7. The molecule has 0 amide bonds.